The number of nitrogens with zero attached hydrogens (tertiary/aromatic N) is 2. The number of benzene rings is 12. The summed E-state index contributed by atoms with van der Waals surface area (Å²) in [6.45, 7) is 0. The molecule has 0 aliphatic rings. The summed E-state index contributed by atoms with van der Waals surface area (Å²) in [5.74, 6) is 0. The molecule has 13 aromatic rings. The highest BCUT2D eigenvalue weighted by atomic mass is 15.1. The van der Waals surface area contributed by atoms with Crippen LogP contribution in [0.4, 0.5) is 17.1 Å². The molecule has 0 unspecified atom stereocenters. The van der Waals surface area contributed by atoms with Gasteiger partial charge in [-0.1, -0.05) is 212 Å². The molecule has 0 fully saturated rings. The van der Waals surface area contributed by atoms with Gasteiger partial charge >= 0.3 is 0 Å². The largest absolute Gasteiger partial charge is 0.310 e. The lowest BCUT2D eigenvalue weighted by Crippen LogP contribution is -2.10. The highest BCUT2D eigenvalue weighted by molar-refractivity contribution is 6.12. The third-order valence-corrected chi connectivity index (χ3v) is 14.0. The number of para-hydroxylation sites is 2. The van der Waals surface area contributed by atoms with Crippen molar-refractivity contribution in [3.63, 3.8) is 0 Å². The molecule has 0 bridgehead atoms. The minimum atomic E-state index is 1.08. The monoisotopic (exact) mass is 890 g/mol. The van der Waals surface area contributed by atoms with Gasteiger partial charge in [0, 0.05) is 33.5 Å². The molecule has 0 saturated heterocycles. The van der Waals surface area contributed by atoms with Gasteiger partial charge in [-0.05, 0) is 144 Å². The van der Waals surface area contributed by atoms with E-state index in [-0.39, 0.29) is 0 Å². The number of rotatable bonds is 9. The summed E-state index contributed by atoms with van der Waals surface area (Å²) in [6.07, 6.45) is 0. The van der Waals surface area contributed by atoms with Crippen LogP contribution in [0.2, 0.25) is 0 Å². The Morgan fingerprint density at radius 3 is 1.49 bits per heavy atom. The van der Waals surface area contributed by atoms with Crippen LogP contribution >= 0.6 is 0 Å². The van der Waals surface area contributed by atoms with Gasteiger partial charge in [0.15, 0.2) is 0 Å². The third kappa shape index (κ3) is 7.22. The zero-order valence-electron chi connectivity index (χ0n) is 38.5. The molecule has 0 aliphatic carbocycles. The fourth-order valence-electron chi connectivity index (χ4n) is 10.7. The molecule has 1 heterocycles. The molecule has 2 nitrogen and oxygen atoms in total. The van der Waals surface area contributed by atoms with E-state index in [0.29, 0.717) is 0 Å². The van der Waals surface area contributed by atoms with Crippen molar-refractivity contribution >= 4 is 60.4 Å². The van der Waals surface area contributed by atoms with E-state index in [9.17, 15) is 0 Å². The van der Waals surface area contributed by atoms with Crippen LogP contribution in [0, 0.1) is 0 Å². The van der Waals surface area contributed by atoms with Gasteiger partial charge in [0.05, 0.1) is 11.0 Å². The van der Waals surface area contributed by atoms with Crippen molar-refractivity contribution in [1.29, 1.82) is 0 Å². The molecular formula is C68H46N2. The Balaban J connectivity index is 0.949. The molecule has 0 atom stereocenters. The molecule has 0 spiro atoms. The van der Waals surface area contributed by atoms with Gasteiger partial charge in [-0.15, -0.1) is 0 Å². The molecule has 328 valence electrons. The van der Waals surface area contributed by atoms with Gasteiger partial charge in [0.25, 0.3) is 0 Å². The Kier molecular flexibility index (Phi) is 10.2. The Morgan fingerprint density at radius 2 is 0.729 bits per heavy atom. The first-order chi connectivity index (χ1) is 34.7. The molecule has 0 aliphatic heterocycles. The van der Waals surface area contributed by atoms with Gasteiger partial charge in [-0.2, -0.15) is 0 Å². The first-order valence-corrected chi connectivity index (χ1v) is 24.1. The quantitative estimate of drug-likeness (QED) is 0.131. The summed E-state index contributed by atoms with van der Waals surface area (Å²) in [7, 11) is 0. The standard InChI is InChI=1S/C68H46N2/c1-3-18-47(19-4-1)57-28-9-11-30-61(57)62-31-12-10-29-60(62)52-22-16-26-56(45-52)69(54-40-36-49(37-41-54)59-33-17-34-63-58-27-8-7-20-48(58)38-42-64(59)63)55-25-15-21-50(44-55)51-39-43-68-66(46-51)65-32-13-14-35-67(65)70(68)53-23-5-2-6-24-53/h1-46H. The Labute approximate surface area is 408 Å². The van der Waals surface area contributed by atoms with E-state index >= 15 is 0 Å². The molecule has 0 saturated carbocycles. The van der Waals surface area contributed by atoms with Crippen LogP contribution in [0.5, 0.6) is 0 Å². The number of hydrogen-bond donors (Lipinski definition) is 0. The van der Waals surface area contributed by atoms with Gasteiger partial charge in [0.2, 0.25) is 0 Å². The van der Waals surface area contributed by atoms with Crippen LogP contribution in [0.25, 0.3) is 105 Å². The van der Waals surface area contributed by atoms with E-state index in [1.54, 1.807) is 0 Å². The minimum absolute atomic E-state index is 1.08. The zero-order chi connectivity index (χ0) is 46.4. The van der Waals surface area contributed by atoms with Crippen LogP contribution in [-0.2, 0) is 0 Å². The maximum atomic E-state index is 2.41. The van der Waals surface area contributed by atoms with E-state index < -0.39 is 0 Å². The lowest BCUT2D eigenvalue weighted by Gasteiger charge is -2.27. The predicted octanol–water partition coefficient (Wildman–Crippen LogP) is 18.9. The van der Waals surface area contributed by atoms with Crippen LogP contribution < -0.4 is 4.90 Å². The second-order valence-corrected chi connectivity index (χ2v) is 18.0. The fraction of sp³-hybridized carbons (Fsp3) is 0. The first kappa shape index (κ1) is 41.0. The van der Waals surface area contributed by atoms with Crippen molar-refractivity contribution < 1.29 is 0 Å². The van der Waals surface area contributed by atoms with Crippen LogP contribution in [0.1, 0.15) is 0 Å². The van der Waals surface area contributed by atoms with Crippen molar-refractivity contribution in [2.75, 3.05) is 4.90 Å². The number of anilines is 3. The van der Waals surface area contributed by atoms with Crippen LogP contribution in [-0.4, -0.2) is 4.57 Å². The average molecular weight is 891 g/mol. The highest BCUT2D eigenvalue weighted by Crippen LogP contribution is 2.44. The molecule has 0 amide bonds. The van der Waals surface area contributed by atoms with Crippen molar-refractivity contribution in [3.05, 3.63) is 279 Å². The maximum Gasteiger partial charge on any atom is 0.0541 e. The lowest BCUT2D eigenvalue weighted by molar-refractivity contribution is 1.18. The van der Waals surface area contributed by atoms with E-state index in [1.807, 2.05) is 0 Å². The van der Waals surface area contributed by atoms with Crippen LogP contribution in [0.3, 0.4) is 0 Å². The van der Waals surface area contributed by atoms with Gasteiger partial charge < -0.3 is 9.47 Å². The molecule has 0 radical (unpaired) electrons. The Hall–Kier alpha value is -9.24. The third-order valence-electron chi connectivity index (χ3n) is 14.0. The molecule has 13 rings (SSSR count). The molecule has 12 aromatic carbocycles. The number of hydrogen-bond acceptors (Lipinski definition) is 1. The number of fused-ring (bicyclic) bond motifs is 6. The molecular weight excluding hydrogens is 845 g/mol. The Morgan fingerprint density at radius 1 is 0.229 bits per heavy atom. The van der Waals surface area contributed by atoms with Crippen molar-refractivity contribution in [2.24, 2.45) is 0 Å². The number of aromatic nitrogens is 1. The van der Waals surface area contributed by atoms with Crippen molar-refractivity contribution in [3.8, 4) is 61.3 Å². The van der Waals surface area contributed by atoms with E-state index in [1.165, 1.54) is 87.9 Å². The summed E-state index contributed by atoms with van der Waals surface area (Å²) >= 11 is 0. The first-order valence-electron chi connectivity index (χ1n) is 24.1. The van der Waals surface area contributed by atoms with Crippen LogP contribution in [0.15, 0.2) is 279 Å². The summed E-state index contributed by atoms with van der Waals surface area (Å²) in [6, 6.07) is 102. The second kappa shape index (κ2) is 17.4. The van der Waals surface area contributed by atoms with E-state index in [2.05, 4.69) is 289 Å². The highest BCUT2D eigenvalue weighted by Gasteiger charge is 2.19. The maximum absolute atomic E-state index is 2.41. The van der Waals surface area contributed by atoms with Gasteiger partial charge in [0.1, 0.15) is 0 Å². The van der Waals surface area contributed by atoms with Gasteiger partial charge in [-0.25, -0.2) is 0 Å². The van der Waals surface area contributed by atoms with Gasteiger partial charge in [-0.3, -0.25) is 0 Å². The summed E-state index contributed by atoms with van der Waals surface area (Å²) < 4.78 is 2.38. The fourth-order valence-corrected chi connectivity index (χ4v) is 10.7. The molecule has 70 heavy (non-hydrogen) atoms. The van der Waals surface area contributed by atoms with Crippen molar-refractivity contribution in [2.45, 2.75) is 0 Å². The van der Waals surface area contributed by atoms with E-state index in [4.69, 9.17) is 0 Å². The summed E-state index contributed by atoms with van der Waals surface area (Å²) in [5, 5.41) is 7.52. The average Bonchev–Trinajstić information content (AvgIpc) is 3.77. The molecule has 2 heteroatoms. The van der Waals surface area contributed by atoms with E-state index in [0.717, 1.165) is 33.9 Å². The topological polar surface area (TPSA) is 8.17 Å². The zero-order valence-corrected chi connectivity index (χ0v) is 38.5. The SMILES string of the molecule is c1ccc(-c2ccccc2-c2ccccc2-c2cccc(N(c3ccc(-c4cccc5c4ccc4ccccc45)cc3)c3cccc(-c4ccc5c(c4)c4ccccc4n5-c4ccccc4)c3)c2)cc1. The smallest absolute Gasteiger partial charge is 0.0541 e. The Bertz CT molecular complexity index is 4050. The predicted molar refractivity (Wildman–Crippen MR) is 298 cm³/mol. The molecule has 1 aromatic heterocycles. The second-order valence-electron chi connectivity index (χ2n) is 18.0. The van der Waals surface area contributed by atoms with Crippen molar-refractivity contribution in [1.82, 2.24) is 4.57 Å². The molecule has 0 N–H and O–H groups in total. The summed E-state index contributed by atoms with van der Waals surface area (Å²) in [4.78, 5) is 2.41. The lowest BCUT2D eigenvalue weighted by atomic mass is 9.89. The normalized spacial score (nSPS) is 11.4. The minimum Gasteiger partial charge on any atom is -0.310 e. The summed E-state index contributed by atoms with van der Waals surface area (Å²) in [5.41, 5.74) is 18.7.